The van der Waals surface area contributed by atoms with Gasteiger partial charge < -0.3 is 10.6 Å². The standard InChI is InChI=1S/C13H22N4O.ClH/c1-4-17-12(5-11(16-17)9(2)3)13(18)15-8-10-6-14-7-10;/h5,9-10,14H,4,6-8H2,1-3H3,(H,15,18);1H. The number of carbonyl (C=O) groups is 1. The summed E-state index contributed by atoms with van der Waals surface area (Å²) in [6.07, 6.45) is 0. The van der Waals surface area contributed by atoms with Crippen LogP contribution in [0.1, 0.15) is 42.9 Å². The molecule has 0 atom stereocenters. The Labute approximate surface area is 120 Å². The highest BCUT2D eigenvalue weighted by atomic mass is 35.5. The van der Waals surface area contributed by atoms with E-state index < -0.39 is 0 Å². The molecule has 5 nitrogen and oxygen atoms in total. The third-order valence-corrected chi connectivity index (χ3v) is 3.34. The molecular formula is C13H23ClN4O. The van der Waals surface area contributed by atoms with Gasteiger partial charge in [0.25, 0.3) is 5.91 Å². The number of amides is 1. The van der Waals surface area contributed by atoms with Gasteiger partial charge in [-0.05, 0) is 18.9 Å². The van der Waals surface area contributed by atoms with E-state index in [1.807, 2.05) is 13.0 Å². The van der Waals surface area contributed by atoms with Crippen molar-refractivity contribution in [2.75, 3.05) is 19.6 Å². The van der Waals surface area contributed by atoms with Crippen LogP contribution in [0.5, 0.6) is 0 Å². The number of aryl methyl sites for hydroxylation is 1. The fraction of sp³-hybridized carbons (Fsp3) is 0.692. The summed E-state index contributed by atoms with van der Waals surface area (Å²) in [5.41, 5.74) is 1.65. The molecule has 2 N–H and O–H groups in total. The molecule has 108 valence electrons. The Morgan fingerprint density at radius 2 is 2.26 bits per heavy atom. The summed E-state index contributed by atoms with van der Waals surface area (Å²) >= 11 is 0. The maximum atomic E-state index is 12.1. The Kier molecular flexibility index (Phi) is 5.82. The van der Waals surface area contributed by atoms with Gasteiger partial charge in [0.15, 0.2) is 0 Å². The molecule has 19 heavy (non-hydrogen) atoms. The number of hydrogen-bond acceptors (Lipinski definition) is 3. The fourth-order valence-electron chi connectivity index (χ4n) is 1.96. The van der Waals surface area contributed by atoms with E-state index >= 15 is 0 Å². The summed E-state index contributed by atoms with van der Waals surface area (Å²) in [4.78, 5) is 12.1. The van der Waals surface area contributed by atoms with Crippen molar-refractivity contribution in [1.29, 1.82) is 0 Å². The zero-order valence-electron chi connectivity index (χ0n) is 11.8. The largest absolute Gasteiger partial charge is 0.350 e. The van der Waals surface area contributed by atoms with Crippen molar-refractivity contribution >= 4 is 18.3 Å². The molecule has 0 aromatic carbocycles. The fourth-order valence-corrected chi connectivity index (χ4v) is 1.96. The van der Waals surface area contributed by atoms with Crippen molar-refractivity contribution in [3.63, 3.8) is 0 Å². The number of aromatic nitrogens is 2. The van der Waals surface area contributed by atoms with Crippen LogP contribution in [0.25, 0.3) is 0 Å². The maximum Gasteiger partial charge on any atom is 0.269 e. The van der Waals surface area contributed by atoms with E-state index in [-0.39, 0.29) is 18.3 Å². The summed E-state index contributed by atoms with van der Waals surface area (Å²) in [7, 11) is 0. The quantitative estimate of drug-likeness (QED) is 0.860. The van der Waals surface area contributed by atoms with Crippen LogP contribution in [0.2, 0.25) is 0 Å². The van der Waals surface area contributed by atoms with Gasteiger partial charge in [0.05, 0.1) is 5.69 Å². The van der Waals surface area contributed by atoms with Gasteiger partial charge >= 0.3 is 0 Å². The molecule has 0 aliphatic carbocycles. The first-order valence-electron chi connectivity index (χ1n) is 6.68. The number of nitrogens with one attached hydrogen (secondary N) is 2. The lowest BCUT2D eigenvalue weighted by atomic mass is 10.0. The molecule has 2 heterocycles. The van der Waals surface area contributed by atoms with Gasteiger partial charge in [0, 0.05) is 32.1 Å². The molecule has 1 aliphatic rings. The molecule has 1 fully saturated rings. The van der Waals surface area contributed by atoms with E-state index in [1.165, 1.54) is 0 Å². The second kappa shape index (κ2) is 6.91. The molecular weight excluding hydrogens is 264 g/mol. The van der Waals surface area contributed by atoms with Crippen molar-refractivity contribution in [3.05, 3.63) is 17.5 Å². The minimum atomic E-state index is -0.0110. The summed E-state index contributed by atoms with van der Waals surface area (Å²) < 4.78 is 1.78. The Hall–Kier alpha value is -1.07. The van der Waals surface area contributed by atoms with E-state index in [9.17, 15) is 4.79 Å². The monoisotopic (exact) mass is 286 g/mol. The van der Waals surface area contributed by atoms with Crippen LogP contribution in [0.4, 0.5) is 0 Å². The Bertz CT molecular complexity index is 426. The Morgan fingerprint density at radius 1 is 1.58 bits per heavy atom. The lowest BCUT2D eigenvalue weighted by Gasteiger charge is -2.27. The summed E-state index contributed by atoms with van der Waals surface area (Å²) in [6, 6.07) is 1.91. The van der Waals surface area contributed by atoms with Crippen molar-refractivity contribution in [1.82, 2.24) is 20.4 Å². The average Bonchev–Trinajstić information content (AvgIpc) is 2.70. The first kappa shape index (κ1) is 16.0. The van der Waals surface area contributed by atoms with E-state index in [2.05, 4.69) is 29.6 Å². The maximum absolute atomic E-state index is 12.1. The normalized spacial score (nSPS) is 14.9. The molecule has 6 heteroatoms. The third kappa shape index (κ3) is 3.70. The van der Waals surface area contributed by atoms with E-state index in [4.69, 9.17) is 0 Å². The van der Waals surface area contributed by atoms with Crippen molar-refractivity contribution < 1.29 is 4.79 Å². The third-order valence-electron chi connectivity index (χ3n) is 3.34. The minimum Gasteiger partial charge on any atom is -0.350 e. The van der Waals surface area contributed by atoms with E-state index in [0.29, 0.717) is 17.5 Å². The Morgan fingerprint density at radius 3 is 2.74 bits per heavy atom. The molecule has 0 bridgehead atoms. The molecule has 1 aromatic rings. The highest BCUT2D eigenvalue weighted by molar-refractivity contribution is 5.92. The van der Waals surface area contributed by atoms with Crippen LogP contribution >= 0.6 is 12.4 Å². The van der Waals surface area contributed by atoms with Gasteiger partial charge in [-0.1, -0.05) is 13.8 Å². The average molecular weight is 287 g/mol. The topological polar surface area (TPSA) is 59.0 Å². The van der Waals surface area contributed by atoms with Gasteiger partial charge in [0.2, 0.25) is 0 Å². The molecule has 0 radical (unpaired) electrons. The number of nitrogens with zero attached hydrogens (tertiary/aromatic N) is 2. The Balaban J connectivity index is 0.00000180. The summed E-state index contributed by atoms with van der Waals surface area (Å²) in [5, 5.41) is 10.6. The van der Waals surface area contributed by atoms with Crippen LogP contribution in [-0.4, -0.2) is 35.3 Å². The minimum absolute atomic E-state index is 0. The van der Waals surface area contributed by atoms with Crippen LogP contribution < -0.4 is 10.6 Å². The lowest BCUT2D eigenvalue weighted by Crippen LogP contribution is -2.48. The molecule has 0 spiro atoms. The zero-order chi connectivity index (χ0) is 13.1. The molecule has 2 rings (SSSR count). The molecule has 0 saturated carbocycles. The molecule has 0 unspecified atom stereocenters. The van der Waals surface area contributed by atoms with Crippen molar-refractivity contribution in [2.45, 2.75) is 33.2 Å². The smallest absolute Gasteiger partial charge is 0.269 e. The van der Waals surface area contributed by atoms with Gasteiger partial charge in [-0.15, -0.1) is 12.4 Å². The van der Waals surface area contributed by atoms with Crippen molar-refractivity contribution in [3.8, 4) is 0 Å². The van der Waals surface area contributed by atoms with Crippen LogP contribution in [-0.2, 0) is 6.54 Å². The number of rotatable bonds is 5. The van der Waals surface area contributed by atoms with Crippen LogP contribution in [0.15, 0.2) is 6.07 Å². The first-order chi connectivity index (χ1) is 8.61. The second-order valence-electron chi connectivity index (χ2n) is 5.16. The molecule has 1 aliphatic heterocycles. The van der Waals surface area contributed by atoms with Crippen molar-refractivity contribution in [2.24, 2.45) is 5.92 Å². The van der Waals surface area contributed by atoms with Crippen LogP contribution in [0, 0.1) is 5.92 Å². The van der Waals surface area contributed by atoms with Gasteiger partial charge in [-0.25, -0.2) is 0 Å². The lowest BCUT2D eigenvalue weighted by molar-refractivity contribution is 0.0931. The zero-order valence-corrected chi connectivity index (χ0v) is 12.6. The van der Waals surface area contributed by atoms with E-state index in [0.717, 1.165) is 31.9 Å². The first-order valence-corrected chi connectivity index (χ1v) is 6.68. The number of halogens is 1. The molecule has 1 saturated heterocycles. The SMILES string of the molecule is CCn1nc(C(C)C)cc1C(=O)NCC1CNC1.Cl. The van der Waals surface area contributed by atoms with Gasteiger partial charge in [0.1, 0.15) is 5.69 Å². The number of carbonyl (C=O) groups excluding carboxylic acids is 1. The van der Waals surface area contributed by atoms with Gasteiger partial charge in [-0.2, -0.15) is 5.10 Å². The highest BCUT2D eigenvalue weighted by Gasteiger charge is 2.20. The van der Waals surface area contributed by atoms with Crippen LogP contribution in [0.3, 0.4) is 0 Å². The predicted molar refractivity (Wildman–Crippen MR) is 77.9 cm³/mol. The molecule has 1 aromatic heterocycles. The van der Waals surface area contributed by atoms with Gasteiger partial charge in [-0.3, -0.25) is 9.48 Å². The highest BCUT2D eigenvalue weighted by Crippen LogP contribution is 2.14. The predicted octanol–water partition coefficient (Wildman–Crippen LogP) is 1.40. The molecule has 1 amide bonds. The second-order valence-corrected chi connectivity index (χ2v) is 5.16. The summed E-state index contributed by atoms with van der Waals surface area (Å²) in [6.45, 7) is 9.66. The number of hydrogen-bond donors (Lipinski definition) is 2. The van der Waals surface area contributed by atoms with E-state index in [1.54, 1.807) is 4.68 Å². The summed E-state index contributed by atoms with van der Waals surface area (Å²) in [5.74, 6) is 0.917.